The number of H-pyrrole nitrogens is 1. The third kappa shape index (κ3) is 3.86. The van der Waals surface area contributed by atoms with Crippen molar-refractivity contribution < 1.29 is 4.79 Å². The van der Waals surface area contributed by atoms with Gasteiger partial charge >= 0.3 is 6.03 Å². The summed E-state index contributed by atoms with van der Waals surface area (Å²) in [7, 11) is 3.92. The Morgan fingerprint density at radius 3 is 2.76 bits per heavy atom. The Morgan fingerprint density at radius 2 is 2.09 bits per heavy atom. The topological polar surface area (TPSA) is 126 Å². The number of aromatic amines is 1. The number of likely N-dealkylation sites (tertiary alicyclic amines) is 1. The van der Waals surface area contributed by atoms with Crippen molar-refractivity contribution in [2.24, 2.45) is 10.8 Å². The van der Waals surface area contributed by atoms with Crippen LogP contribution < -0.4 is 10.6 Å². The van der Waals surface area contributed by atoms with E-state index in [9.17, 15) is 10.1 Å². The maximum Gasteiger partial charge on any atom is 0.323 e. The summed E-state index contributed by atoms with van der Waals surface area (Å²) in [4.78, 5) is 28.8. The Bertz CT molecular complexity index is 1260. The number of rotatable bonds is 5. The summed E-state index contributed by atoms with van der Waals surface area (Å²) in [5.74, 6) is 0.709. The number of amides is 2. The van der Waals surface area contributed by atoms with E-state index in [0.717, 1.165) is 29.6 Å². The van der Waals surface area contributed by atoms with Gasteiger partial charge in [0.05, 0.1) is 17.8 Å². The van der Waals surface area contributed by atoms with Crippen molar-refractivity contribution in [1.29, 1.82) is 5.26 Å². The highest BCUT2D eigenvalue weighted by atomic mass is 32.1. The largest absolute Gasteiger partial charge is 0.381 e. The molecule has 0 aromatic carbocycles. The fraction of sp³-hybridized carbons (Fsp3) is 0.522. The maximum absolute atomic E-state index is 13.0. The van der Waals surface area contributed by atoms with Crippen LogP contribution in [0.1, 0.15) is 38.1 Å². The second-order valence-electron chi connectivity index (χ2n) is 10.3. The van der Waals surface area contributed by atoms with Crippen molar-refractivity contribution in [1.82, 2.24) is 29.1 Å². The van der Waals surface area contributed by atoms with Gasteiger partial charge in [0.1, 0.15) is 11.7 Å². The lowest BCUT2D eigenvalue weighted by molar-refractivity contribution is 0.184. The van der Waals surface area contributed by atoms with Crippen molar-refractivity contribution in [3.05, 3.63) is 29.8 Å². The van der Waals surface area contributed by atoms with Gasteiger partial charge in [-0.2, -0.15) is 9.64 Å². The monoisotopic (exact) mass is 479 g/mol. The molecule has 2 aliphatic rings. The van der Waals surface area contributed by atoms with Gasteiger partial charge in [-0.05, 0) is 43.8 Å². The fourth-order valence-corrected chi connectivity index (χ4v) is 6.15. The maximum atomic E-state index is 13.0. The van der Waals surface area contributed by atoms with Crippen molar-refractivity contribution in [3.63, 3.8) is 0 Å². The molecule has 1 aliphatic heterocycles. The second-order valence-corrected chi connectivity index (χ2v) is 11.1. The Kier molecular flexibility index (Phi) is 5.45. The van der Waals surface area contributed by atoms with E-state index >= 15 is 0 Å². The van der Waals surface area contributed by atoms with Gasteiger partial charge < -0.3 is 20.1 Å². The van der Waals surface area contributed by atoms with Crippen LogP contribution in [0, 0.1) is 22.2 Å². The van der Waals surface area contributed by atoms with Gasteiger partial charge in [0.25, 0.3) is 0 Å². The zero-order chi connectivity index (χ0) is 24.1. The summed E-state index contributed by atoms with van der Waals surface area (Å²) >= 11 is 1.21. The number of urea groups is 1. The molecule has 34 heavy (non-hydrogen) atoms. The normalized spacial score (nSPS) is 26.1. The van der Waals surface area contributed by atoms with Gasteiger partial charge in [-0.25, -0.2) is 14.8 Å². The SMILES string of the molecule is CN(C)Cc1nsc(NC(=O)N2C[C@]3(C)C[C@@H](Nc4c(C#N)cnc5[nH]ccc45)C[C@]3(C)C2)n1. The van der Waals surface area contributed by atoms with E-state index in [4.69, 9.17) is 0 Å². The van der Waals surface area contributed by atoms with Crippen molar-refractivity contribution >= 4 is 39.4 Å². The first-order valence-corrected chi connectivity index (χ1v) is 12.1. The zero-order valence-corrected chi connectivity index (χ0v) is 20.7. The van der Waals surface area contributed by atoms with Gasteiger partial charge in [-0.15, -0.1) is 0 Å². The average Bonchev–Trinajstić information content (AvgIpc) is 3.50. The molecule has 3 aromatic rings. The number of fused-ring (bicyclic) bond motifs is 2. The molecule has 0 unspecified atom stereocenters. The van der Waals surface area contributed by atoms with Crippen molar-refractivity contribution in [2.75, 3.05) is 37.8 Å². The van der Waals surface area contributed by atoms with E-state index in [-0.39, 0.29) is 22.9 Å². The zero-order valence-electron chi connectivity index (χ0n) is 19.8. The van der Waals surface area contributed by atoms with Gasteiger partial charge in [0.2, 0.25) is 5.13 Å². The number of hydrogen-bond donors (Lipinski definition) is 3. The van der Waals surface area contributed by atoms with Crippen LogP contribution in [0.25, 0.3) is 11.0 Å². The molecule has 2 amide bonds. The number of carbonyl (C=O) groups is 1. The van der Waals surface area contributed by atoms with Gasteiger partial charge in [-0.1, -0.05) is 13.8 Å². The lowest BCUT2D eigenvalue weighted by Gasteiger charge is -2.31. The van der Waals surface area contributed by atoms with Crippen LogP contribution in [0.4, 0.5) is 15.6 Å². The number of nitrogens with one attached hydrogen (secondary N) is 3. The van der Waals surface area contributed by atoms with Gasteiger partial charge in [0.15, 0.2) is 5.82 Å². The van der Waals surface area contributed by atoms with E-state index in [0.29, 0.717) is 36.2 Å². The van der Waals surface area contributed by atoms with Crippen LogP contribution in [0.5, 0.6) is 0 Å². The minimum Gasteiger partial charge on any atom is -0.381 e. The number of nitriles is 1. The first-order chi connectivity index (χ1) is 16.2. The second kappa shape index (κ2) is 8.21. The number of pyridine rings is 1. The van der Waals surface area contributed by atoms with Crippen LogP contribution in [0.15, 0.2) is 18.5 Å². The standard InChI is InChI=1S/C23H29N9OS/c1-22-7-15(27-18-14(9-24)10-26-19-16(18)5-6-25-19)8-23(22,2)13-32(12-22)21(33)29-20-28-17(30-34-20)11-31(3)4/h5-6,10,15H,7-8,11-13H2,1-4H3,(H2,25,26,27)(H,28,29,30,33)/t15-,22+,23-. The third-order valence-electron chi connectivity index (χ3n) is 7.41. The van der Waals surface area contributed by atoms with E-state index in [1.807, 2.05) is 36.2 Å². The summed E-state index contributed by atoms with van der Waals surface area (Å²) in [6, 6.07) is 4.31. The molecule has 1 aliphatic carbocycles. The molecule has 3 atom stereocenters. The molecule has 11 heteroatoms. The predicted molar refractivity (Wildman–Crippen MR) is 132 cm³/mol. The number of hydrogen-bond acceptors (Lipinski definition) is 8. The van der Waals surface area contributed by atoms with Crippen molar-refractivity contribution in [2.45, 2.75) is 39.3 Å². The van der Waals surface area contributed by atoms with E-state index in [2.05, 4.69) is 49.9 Å². The summed E-state index contributed by atoms with van der Waals surface area (Å²) in [5.41, 5.74) is 2.09. The lowest BCUT2D eigenvalue weighted by atomic mass is 9.71. The lowest BCUT2D eigenvalue weighted by Crippen LogP contribution is -2.36. The van der Waals surface area contributed by atoms with E-state index in [1.165, 1.54) is 11.5 Å². The Labute approximate surface area is 202 Å². The van der Waals surface area contributed by atoms with Gasteiger partial charge in [0, 0.05) is 48.4 Å². The van der Waals surface area contributed by atoms with Crippen LogP contribution in [0.3, 0.4) is 0 Å². The smallest absolute Gasteiger partial charge is 0.323 e. The highest BCUT2D eigenvalue weighted by Gasteiger charge is 2.58. The minimum atomic E-state index is -0.121. The number of carbonyl (C=O) groups excluding carboxylic acids is 1. The summed E-state index contributed by atoms with van der Waals surface area (Å²) in [6.07, 6.45) is 5.29. The number of aromatic nitrogens is 4. The third-order valence-corrected chi connectivity index (χ3v) is 8.08. The van der Waals surface area contributed by atoms with Gasteiger partial charge in [-0.3, -0.25) is 5.32 Å². The molecule has 0 spiro atoms. The molecule has 0 bridgehead atoms. The number of nitrogens with zero attached hydrogens (tertiary/aromatic N) is 6. The first kappa shape index (κ1) is 22.6. The molecule has 0 radical (unpaired) electrons. The summed E-state index contributed by atoms with van der Waals surface area (Å²) in [5, 5.41) is 17.7. The Balaban J connectivity index is 1.27. The Morgan fingerprint density at radius 1 is 1.35 bits per heavy atom. The average molecular weight is 480 g/mol. The van der Waals surface area contributed by atoms with Crippen molar-refractivity contribution in [3.8, 4) is 6.07 Å². The van der Waals surface area contributed by atoms with Crippen LogP contribution in [0.2, 0.25) is 0 Å². The molecule has 1 saturated carbocycles. The molecule has 3 N–H and O–H groups in total. The molecule has 10 nitrogen and oxygen atoms in total. The molecular weight excluding hydrogens is 450 g/mol. The van der Waals surface area contributed by atoms with E-state index in [1.54, 1.807) is 6.20 Å². The quantitative estimate of drug-likeness (QED) is 0.511. The molecular formula is C23H29N9OS. The molecule has 5 rings (SSSR count). The summed E-state index contributed by atoms with van der Waals surface area (Å²) in [6.45, 7) is 6.54. The minimum absolute atomic E-state index is 0.0314. The molecule has 4 heterocycles. The molecule has 178 valence electrons. The number of anilines is 2. The fourth-order valence-electron chi connectivity index (χ4n) is 5.58. The highest BCUT2D eigenvalue weighted by molar-refractivity contribution is 7.09. The van der Waals surface area contributed by atoms with Crippen LogP contribution in [-0.4, -0.2) is 68.4 Å². The Hall–Kier alpha value is -3.23. The predicted octanol–water partition coefficient (Wildman–Crippen LogP) is 3.48. The molecule has 1 saturated heterocycles. The molecule has 2 fully saturated rings. The van der Waals surface area contributed by atoms with Crippen LogP contribution >= 0.6 is 11.5 Å². The first-order valence-electron chi connectivity index (χ1n) is 11.4. The van der Waals surface area contributed by atoms with E-state index < -0.39 is 0 Å². The van der Waals surface area contributed by atoms with Crippen LogP contribution in [-0.2, 0) is 6.54 Å². The molecule has 3 aromatic heterocycles. The highest BCUT2D eigenvalue weighted by Crippen LogP contribution is 2.58. The summed E-state index contributed by atoms with van der Waals surface area (Å²) < 4.78 is 4.32.